The van der Waals surface area contributed by atoms with Gasteiger partial charge in [0, 0.05) is 20.1 Å². The Hall–Kier alpha value is -1.36. The Labute approximate surface area is 126 Å². The summed E-state index contributed by atoms with van der Waals surface area (Å²) in [4.78, 5) is 14.8. The molecule has 1 aromatic heterocycles. The lowest BCUT2D eigenvalue weighted by atomic mass is 9.92. The molecule has 3 heterocycles. The van der Waals surface area contributed by atoms with Crippen LogP contribution < -0.4 is 5.32 Å². The van der Waals surface area contributed by atoms with E-state index in [4.69, 9.17) is 0 Å². The molecule has 1 aromatic rings. The SMILES string of the molecule is CC(C)c1cc(C(=O)N2CC[C@@H]3CNC[C@@H]3CC2)n(C)n1. The van der Waals surface area contributed by atoms with Crippen LogP contribution in [-0.2, 0) is 7.05 Å². The molecule has 2 aliphatic rings. The van der Waals surface area contributed by atoms with E-state index >= 15 is 0 Å². The normalized spacial score (nSPS) is 26.0. The molecule has 5 nitrogen and oxygen atoms in total. The molecule has 0 spiro atoms. The summed E-state index contributed by atoms with van der Waals surface area (Å²) in [5.74, 6) is 2.00. The van der Waals surface area contributed by atoms with Crippen molar-refractivity contribution in [2.45, 2.75) is 32.6 Å². The van der Waals surface area contributed by atoms with E-state index in [0.717, 1.165) is 62.2 Å². The zero-order valence-corrected chi connectivity index (χ0v) is 13.3. The van der Waals surface area contributed by atoms with Crippen LogP contribution in [0.2, 0.25) is 0 Å². The van der Waals surface area contributed by atoms with Crippen LogP contribution in [0.25, 0.3) is 0 Å². The summed E-state index contributed by atoms with van der Waals surface area (Å²) < 4.78 is 1.74. The third kappa shape index (κ3) is 2.84. The molecule has 2 atom stereocenters. The van der Waals surface area contributed by atoms with Crippen LogP contribution in [0.15, 0.2) is 6.07 Å². The minimum atomic E-state index is 0.143. The van der Waals surface area contributed by atoms with Crippen LogP contribution >= 0.6 is 0 Å². The average Bonchev–Trinajstić information content (AvgIpc) is 3.00. The molecule has 1 N–H and O–H groups in total. The van der Waals surface area contributed by atoms with E-state index in [1.54, 1.807) is 4.68 Å². The molecule has 3 rings (SSSR count). The summed E-state index contributed by atoms with van der Waals surface area (Å²) in [6.07, 6.45) is 2.25. The molecule has 0 radical (unpaired) electrons. The van der Waals surface area contributed by atoms with Crippen LogP contribution in [-0.4, -0.2) is 46.8 Å². The summed E-state index contributed by atoms with van der Waals surface area (Å²) in [6, 6.07) is 1.96. The minimum Gasteiger partial charge on any atom is -0.337 e. The molecule has 0 aliphatic carbocycles. The summed E-state index contributed by atoms with van der Waals surface area (Å²) in [6.45, 7) is 8.22. The van der Waals surface area contributed by atoms with Crippen LogP contribution in [0, 0.1) is 11.8 Å². The fourth-order valence-corrected chi connectivity index (χ4v) is 3.55. The highest BCUT2D eigenvalue weighted by molar-refractivity contribution is 5.92. The van der Waals surface area contributed by atoms with Crippen molar-refractivity contribution >= 4 is 5.91 Å². The zero-order chi connectivity index (χ0) is 15.0. The lowest BCUT2D eigenvalue weighted by Crippen LogP contribution is -2.34. The Bertz CT molecular complexity index is 508. The van der Waals surface area contributed by atoms with Crippen LogP contribution in [0.4, 0.5) is 0 Å². The lowest BCUT2D eigenvalue weighted by molar-refractivity contribution is 0.0747. The van der Waals surface area contributed by atoms with Crippen molar-refractivity contribution in [3.63, 3.8) is 0 Å². The first-order valence-corrected chi connectivity index (χ1v) is 8.10. The lowest BCUT2D eigenvalue weighted by Gasteiger charge is -2.20. The van der Waals surface area contributed by atoms with Gasteiger partial charge in [0.2, 0.25) is 0 Å². The number of hydrogen-bond donors (Lipinski definition) is 1. The Morgan fingerprint density at radius 1 is 1.29 bits per heavy atom. The molecule has 5 heteroatoms. The third-order valence-electron chi connectivity index (χ3n) is 5.02. The second-order valence-corrected chi connectivity index (χ2v) is 6.78. The number of aromatic nitrogens is 2. The van der Waals surface area contributed by atoms with Crippen LogP contribution in [0.5, 0.6) is 0 Å². The fourth-order valence-electron chi connectivity index (χ4n) is 3.55. The molecule has 2 fully saturated rings. The number of rotatable bonds is 2. The maximum absolute atomic E-state index is 12.8. The predicted molar refractivity (Wildman–Crippen MR) is 82.3 cm³/mol. The standard InChI is InChI=1S/C16H26N4O/c1-11(2)14-8-15(19(3)18-14)16(21)20-6-4-12-9-17-10-13(12)5-7-20/h8,11-13,17H,4-7,9-10H2,1-3H3/t12-,13+. The quantitative estimate of drug-likeness (QED) is 0.900. The highest BCUT2D eigenvalue weighted by Crippen LogP contribution is 2.27. The molecule has 116 valence electrons. The molecular formula is C16H26N4O. The van der Waals surface area contributed by atoms with Crippen molar-refractivity contribution < 1.29 is 4.79 Å². The molecule has 0 bridgehead atoms. The number of fused-ring (bicyclic) bond motifs is 1. The van der Waals surface area contributed by atoms with Crippen molar-refractivity contribution in [2.24, 2.45) is 18.9 Å². The largest absolute Gasteiger partial charge is 0.337 e. The summed E-state index contributed by atoms with van der Waals surface area (Å²) in [5, 5.41) is 7.94. The van der Waals surface area contributed by atoms with Gasteiger partial charge in [-0.1, -0.05) is 13.8 Å². The van der Waals surface area contributed by atoms with Crippen LogP contribution in [0.1, 0.15) is 48.8 Å². The van der Waals surface area contributed by atoms with Gasteiger partial charge in [0.05, 0.1) is 5.69 Å². The second kappa shape index (κ2) is 5.79. The molecule has 2 saturated heterocycles. The molecular weight excluding hydrogens is 264 g/mol. The first kappa shape index (κ1) is 14.6. The number of amides is 1. The van der Waals surface area contributed by atoms with Gasteiger partial charge >= 0.3 is 0 Å². The van der Waals surface area contributed by atoms with Crippen molar-refractivity contribution in [1.29, 1.82) is 0 Å². The Morgan fingerprint density at radius 3 is 2.43 bits per heavy atom. The molecule has 21 heavy (non-hydrogen) atoms. The van der Waals surface area contributed by atoms with Gasteiger partial charge in [0.25, 0.3) is 5.91 Å². The van der Waals surface area contributed by atoms with Crippen molar-refractivity contribution in [3.8, 4) is 0 Å². The number of aryl methyl sites for hydroxylation is 1. The van der Waals surface area contributed by atoms with Gasteiger partial charge in [0.1, 0.15) is 5.69 Å². The van der Waals surface area contributed by atoms with E-state index in [1.165, 1.54) is 0 Å². The van der Waals surface area contributed by atoms with Gasteiger partial charge in [-0.25, -0.2) is 0 Å². The molecule has 0 unspecified atom stereocenters. The predicted octanol–water partition coefficient (Wildman–Crippen LogP) is 1.62. The topological polar surface area (TPSA) is 50.2 Å². The van der Waals surface area contributed by atoms with E-state index in [1.807, 2.05) is 18.0 Å². The average molecular weight is 290 g/mol. The number of carbonyl (C=O) groups excluding carboxylic acids is 1. The van der Waals surface area contributed by atoms with Gasteiger partial charge < -0.3 is 10.2 Å². The maximum atomic E-state index is 12.8. The maximum Gasteiger partial charge on any atom is 0.272 e. The smallest absolute Gasteiger partial charge is 0.272 e. The summed E-state index contributed by atoms with van der Waals surface area (Å²) in [7, 11) is 1.87. The van der Waals surface area contributed by atoms with Gasteiger partial charge in [-0.2, -0.15) is 5.10 Å². The van der Waals surface area contributed by atoms with E-state index in [-0.39, 0.29) is 5.91 Å². The van der Waals surface area contributed by atoms with Crippen molar-refractivity contribution in [1.82, 2.24) is 20.0 Å². The molecule has 2 aliphatic heterocycles. The first-order chi connectivity index (χ1) is 10.1. The van der Waals surface area contributed by atoms with E-state index in [2.05, 4.69) is 24.3 Å². The van der Waals surface area contributed by atoms with Crippen molar-refractivity contribution in [3.05, 3.63) is 17.5 Å². The van der Waals surface area contributed by atoms with Gasteiger partial charge in [0.15, 0.2) is 0 Å². The Morgan fingerprint density at radius 2 is 1.90 bits per heavy atom. The number of likely N-dealkylation sites (tertiary alicyclic amines) is 1. The zero-order valence-electron chi connectivity index (χ0n) is 13.3. The number of nitrogens with zero attached hydrogens (tertiary/aromatic N) is 3. The fraction of sp³-hybridized carbons (Fsp3) is 0.750. The summed E-state index contributed by atoms with van der Waals surface area (Å²) >= 11 is 0. The first-order valence-electron chi connectivity index (χ1n) is 8.10. The molecule has 0 saturated carbocycles. The van der Waals surface area contributed by atoms with E-state index in [9.17, 15) is 4.79 Å². The Balaban J connectivity index is 1.73. The van der Waals surface area contributed by atoms with Crippen LogP contribution in [0.3, 0.4) is 0 Å². The Kier molecular flexibility index (Phi) is 4.02. The van der Waals surface area contributed by atoms with Crippen molar-refractivity contribution in [2.75, 3.05) is 26.2 Å². The van der Waals surface area contributed by atoms with E-state index in [0.29, 0.717) is 5.92 Å². The van der Waals surface area contributed by atoms with Gasteiger partial charge in [-0.15, -0.1) is 0 Å². The number of nitrogens with one attached hydrogen (secondary N) is 1. The monoisotopic (exact) mass is 290 g/mol. The molecule has 0 aromatic carbocycles. The van der Waals surface area contributed by atoms with Gasteiger partial charge in [-0.05, 0) is 49.8 Å². The molecule has 1 amide bonds. The highest BCUT2D eigenvalue weighted by atomic mass is 16.2. The van der Waals surface area contributed by atoms with E-state index < -0.39 is 0 Å². The van der Waals surface area contributed by atoms with Gasteiger partial charge in [-0.3, -0.25) is 9.48 Å². The number of hydrogen-bond acceptors (Lipinski definition) is 3. The third-order valence-corrected chi connectivity index (χ3v) is 5.02. The summed E-state index contributed by atoms with van der Waals surface area (Å²) in [5.41, 5.74) is 1.72. The second-order valence-electron chi connectivity index (χ2n) is 6.78. The number of carbonyl (C=O) groups is 1. The minimum absolute atomic E-state index is 0.143. The highest BCUT2D eigenvalue weighted by Gasteiger charge is 2.32.